The van der Waals surface area contributed by atoms with Crippen LogP contribution in [-0.2, 0) is 11.3 Å². The molecule has 1 amide bonds. The van der Waals surface area contributed by atoms with Crippen molar-refractivity contribution in [2.45, 2.75) is 32.7 Å². The zero-order valence-electron chi connectivity index (χ0n) is 11.9. The predicted molar refractivity (Wildman–Crippen MR) is 82.6 cm³/mol. The highest BCUT2D eigenvalue weighted by Gasteiger charge is 2.12. The molecule has 1 aromatic carbocycles. The number of hydrogen-bond acceptors (Lipinski definition) is 2. The first-order valence-electron chi connectivity index (χ1n) is 6.74. The van der Waals surface area contributed by atoms with E-state index in [0.717, 1.165) is 32.5 Å². The van der Waals surface area contributed by atoms with Crippen LogP contribution >= 0.6 is 12.4 Å². The van der Waals surface area contributed by atoms with Crippen molar-refractivity contribution >= 4 is 18.3 Å². The van der Waals surface area contributed by atoms with Gasteiger partial charge < -0.3 is 10.2 Å². The van der Waals surface area contributed by atoms with Gasteiger partial charge in [0.1, 0.15) is 0 Å². The minimum absolute atomic E-state index is 0. The fraction of sp³-hybridized carbons (Fsp3) is 0.533. The molecule has 0 heterocycles. The van der Waals surface area contributed by atoms with E-state index in [1.54, 1.807) is 0 Å². The molecule has 19 heavy (non-hydrogen) atoms. The van der Waals surface area contributed by atoms with Crippen LogP contribution in [0.3, 0.4) is 0 Å². The van der Waals surface area contributed by atoms with Crippen molar-refractivity contribution < 1.29 is 4.79 Å². The largest absolute Gasteiger partial charge is 0.338 e. The van der Waals surface area contributed by atoms with E-state index in [1.807, 2.05) is 30.1 Å². The van der Waals surface area contributed by atoms with Gasteiger partial charge in [-0.1, -0.05) is 37.3 Å². The number of carbonyl (C=O) groups is 1. The van der Waals surface area contributed by atoms with Gasteiger partial charge in [-0.15, -0.1) is 12.4 Å². The average molecular weight is 285 g/mol. The lowest BCUT2D eigenvalue weighted by molar-refractivity contribution is -0.131. The predicted octanol–water partition coefficient (Wildman–Crippen LogP) is 2.85. The molecule has 1 rings (SSSR count). The number of nitrogens with one attached hydrogen (secondary N) is 1. The van der Waals surface area contributed by atoms with E-state index in [9.17, 15) is 4.79 Å². The molecule has 0 saturated carbocycles. The van der Waals surface area contributed by atoms with Gasteiger partial charge in [0.05, 0.1) is 0 Å². The van der Waals surface area contributed by atoms with E-state index < -0.39 is 0 Å². The summed E-state index contributed by atoms with van der Waals surface area (Å²) in [5.74, 6) is 0.260. The lowest BCUT2D eigenvalue weighted by Gasteiger charge is -2.22. The molecule has 0 aliphatic heterocycles. The Morgan fingerprint density at radius 3 is 2.53 bits per heavy atom. The molecule has 3 nitrogen and oxygen atoms in total. The summed E-state index contributed by atoms with van der Waals surface area (Å²) in [7, 11) is 1.91. The van der Waals surface area contributed by atoms with Crippen molar-refractivity contribution in [3.8, 4) is 0 Å². The van der Waals surface area contributed by atoms with Gasteiger partial charge in [-0.3, -0.25) is 4.79 Å². The van der Waals surface area contributed by atoms with Crippen LogP contribution in [0.15, 0.2) is 30.3 Å². The van der Waals surface area contributed by atoms with Crippen LogP contribution in [-0.4, -0.2) is 30.9 Å². The molecule has 0 aliphatic rings. The fourth-order valence-corrected chi connectivity index (χ4v) is 1.94. The number of nitrogens with zero attached hydrogens (tertiary/aromatic N) is 1. The molecule has 0 atom stereocenters. The maximum Gasteiger partial charge on any atom is 0.222 e. The highest BCUT2D eigenvalue weighted by molar-refractivity contribution is 5.85. The fourth-order valence-electron chi connectivity index (χ4n) is 1.94. The second kappa shape index (κ2) is 10.8. The molecule has 0 saturated heterocycles. The molecule has 0 bridgehead atoms. The average Bonchev–Trinajstić information content (AvgIpc) is 2.39. The lowest BCUT2D eigenvalue weighted by Crippen LogP contribution is -2.31. The standard InChI is InChI=1S/C15H24N2O.ClH/c1-3-12-17(15(18)10-7-11-16-2)13-14-8-5-4-6-9-14;/h4-6,8-9,16H,3,7,10-13H2,1-2H3;1H. The van der Waals surface area contributed by atoms with Gasteiger partial charge in [-0.2, -0.15) is 0 Å². The minimum atomic E-state index is 0. The van der Waals surface area contributed by atoms with Crippen LogP contribution in [0.25, 0.3) is 0 Å². The molecule has 0 unspecified atom stereocenters. The van der Waals surface area contributed by atoms with Crippen molar-refractivity contribution in [1.29, 1.82) is 0 Å². The summed E-state index contributed by atoms with van der Waals surface area (Å²) >= 11 is 0. The quantitative estimate of drug-likeness (QED) is 0.745. The molecule has 0 aliphatic carbocycles. The van der Waals surface area contributed by atoms with Gasteiger partial charge in [0.25, 0.3) is 0 Å². The summed E-state index contributed by atoms with van der Waals surface area (Å²) in [5.41, 5.74) is 1.20. The maximum absolute atomic E-state index is 12.1. The Labute approximate surface area is 122 Å². The smallest absolute Gasteiger partial charge is 0.222 e. The van der Waals surface area contributed by atoms with Gasteiger partial charge in [0, 0.05) is 19.5 Å². The molecule has 1 N–H and O–H groups in total. The molecule has 0 fully saturated rings. The molecule has 0 radical (unpaired) electrons. The Morgan fingerprint density at radius 2 is 1.95 bits per heavy atom. The highest BCUT2D eigenvalue weighted by Crippen LogP contribution is 2.07. The second-order valence-electron chi connectivity index (χ2n) is 4.51. The van der Waals surface area contributed by atoms with Gasteiger partial charge in [0.15, 0.2) is 0 Å². The van der Waals surface area contributed by atoms with Gasteiger partial charge in [-0.25, -0.2) is 0 Å². The topological polar surface area (TPSA) is 32.3 Å². The lowest BCUT2D eigenvalue weighted by atomic mass is 10.2. The number of amides is 1. The number of carbonyl (C=O) groups excluding carboxylic acids is 1. The summed E-state index contributed by atoms with van der Waals surface area (Å²) in [6, 6.07) is 10.2. The van der Waals surface area contributed by atoms with Gasteiger partial charge >= 0.3 is 0 Å². The third-order valence-corrected chi connectivity index (χ3v) is 2.88. The number of hydrogen-bond donors (Lipinski definition) is 1. The Hall–Kier alpha value is -1.06. The summed E-state index contributed by atoms with van der Waals surface area (Å²) < 4.78 is 0. The van der Waals surface area contributed by atoms with Crippen LogP contribution in [0.5, 0.6) is 0 Å². The van der Waals surface area contributed by atoms with Crippen molar-refractivity contribution in [3.05, 3.63) is 35.9 Å². The summed E-state index contributed by atoms with van der Waals surface area (Å²) in [6.07, 6.45) is 2.54. The number of halogens is 1. The molecule has 108 valence electrons. The molecular formula is C15H25ClN2O. The first-order chi connectivity index (χ1) is 8.77. The van der Waals surface area contributed by atoms with E-state index in [-0.39, 0.29) is 18.3 Å². The van der Waals surface area contributed by atoms with E-state index in [1.165, 1.54) is 5.56 Å². The van der Waals surface area contributed by atoms with Gasteiger partial charge in [0.2, 0.25) is 5.91 Å². The van der Waals surface area contributed by atoms with Crippen LogP contribution in [0.1, 0.15) is 31.7 Å². The van der Waals surface area contributed by atoms with E-state index in [2.05, 4.69) is 24.4 Å². The molecule has 0 aromatic heterocycles. The zero-order valence-corrected chi connectivity index (χ0v) is 12.7. The van der Waals surface area contributed by atoms with Crippen molar-refractivity contribution in [3.63, 3.8) is 0 Å². The SMILES string of the molecule is CCCN(Cc1ccccc1)C(=O)CCCNC.Cl. The van der Waals surface area contributed by atoms with Crippen LogP contribution in [0.2, 0.25) is 0 Å². The third kappa shape index (κ3) is 7.19. The van der Waals surface area contributed by atoms with Crippen molar-refractivity contribution in [2.75, 3.05) is 20.1 Å². The summed E-state index contributed by atoms with van der Waals surface area (Å²) in [6.45, 7) is 4.58. The van der Waals surface area contributed by atoms with Crippen LogP contribution in [0, 0.1) is 0 Å². The molecule has 0 spiro atoms. The minimum Gasteiger partial charge on any atom is -0.338 e. The number of benzene rings is 1. The summed E-state index contributed by atoms with van der Waals surface area (Å²) in [4.78, 5) is 14.1. The Balaban J connectivity index is 0.00000324. The maximum atomic E-state index is 12.1. The molecular weight excluding hydrogens is 260 g/mol. The number of rotatable bonds is 8. The zero-order chi connectivity index (χ0) is 13.2. The first-order valence-corrected chi connectivity index (χ1v) is 6.74. The van der Waals surface area contributed by atoms with E-state index >= 15 is 0 Å². The van der Waals surface area contributed by atoms with Crippen molar-refractivity contribution in [2.24, 2.45) is 0 Å². The Kier molecular flexibility index (Phi) is 10.2. The van der Waals surface area contributed by atoms with E-state index in [4.69, 9.17) is 0 Å². The monoisotopic (exact) mass is 284 g/mol. The van der Waals surface area contributed by atoms with Crippen LogP contribution < -0.4 is 5.32 Å². The highest BCUT2D eigenvalue weighted by atomic mass is 35.5. The first kappa shape index (κ1) is 17.9. The van der Waals surface area contributed by atoms with E-state index in [0.29, 0.717) is 6.42 Å². The summed E-state index contributed by atoms with van der Waals surface area (Å²) in [5, 5.41) is 3.07. The third-order valence-electron chi connectivity index (χ3n) is 2.88. The normalized spacial score (nSPS) is 9.79. The van der Waals surface area contributed by atoms with Crippen molar-refractivity contribution in [1.82, 2.24) is 10.2 Å². The molecule has 1 aromatic rings. The van der Waals surface area contributed by atoms with Gasteiger partial charge in [-0.05, 0) is 32.0 Å². The molecule has 4 heteroatoms. The second-order valence-corrected chi connectivity index (χ2v) is 4.51. The van der Waals surface area contributed by atoms with Crippen LogP contribution in [0.4, 0.5) is 0 Å². The Bertz CT molecular complexity index is 343. The Morgan fingerprint density at radius 1 is 1.26 bits per heavy atom.